The molecule has 0 aliphatic rings. The van der Waals surface area contributed by atoms with E-state index in [4.69, 9.17) is 4.74 Å². The van der Waals surface area contributed by atoms with Crippen molar-refractivity contribution in [2.45, 2.75) is 26.9 Å². The first-order chi connectivity index (χ1) is 7.31. The van der Waals surface area contributed by atoms with Crippen LogP contribution in [0.5, 0.6) is 0 Å². The van der Waals surface area contributed by atoms with E-state index in [2.05, 4.69) is 6.58 Å². The molecule has 92 valence electrons. The van der Waals surface area contributed by atoms with E-state index < -0.39 is 11.5 Å². The van der Waals surface area contributed by atoms with Gasteiger partial charge >= 0.3 is 5.97 Å². The molecular weight excluding hydrogens is 210 g/mol. The number of hydrogen-bond acceptors (Lipinski definition) is 4. The van der Waals surface area contributed by atoms with Crippen molar-refractivity contribution in [3.63, 3.8) is 0 Å². The number of aliphatic hydroxyl groups is 1. The van der Waals surface area contributed by atoms with E-state index in [1.165, 1.54) is 11.1 Å². The van der Waals surface area contributed by atoms with E-state index in [0.29, 0.717) is 6.41 Å². The fourth-order valence-corrected chi connectivity index (χ4v) is 0.845. The molecule has 0 radical (unpaired) electrons. The van der Waals surface area contributed by atoms with Gasteiger partial charge in [0.25, 0.3) is 0 Å². The first kappa shape index (κ1) is 14.6. The number of amides is 1. The van der Waals surface area contributed by atoms with Crippen LogP contribution in [0, 0.1) is 5.41 Å². The normalized spacial score (nSPS) is 12.8. The molecule has 1 atom stereocenters. The Morgan fingerprint density at radius 2 is 2.12 bits per heavy atom. The summed E-state index contributed by atoms with van der Waals surface area (Å²) in [6.45, 7) is 8.50. The minimum Gasteiger partial charge on any atom is -0.462 e. The molecule has 1 unspecified atom stereocenters. The highest BCUT2D eigenvalue weighted by molar-refractivity contribution is 5.75. The Morgan fingerprint density at radius 1 is 1.56 bits per heavy atom. The number of rotatable bonds is 6. The van der Waals surface area contributed by atoms with Crippen molar-refractivity contribution in [1.29, 1.82) is 0 Å². The van der Waals surface area contributed by atoms with Crippen LogP contribution < -0.4 is 0 Å². The smallest absolute Gasteiger partial charge is 0.311 e. The summed E-state index contributed by atoms with van der Waals surface area (Å²) in [5.41, 5.74) is -0.595. The summed E-state index contributed by atoms with van der Waals surface area (Å²) >= 11 is 0. The van der Waals surface area contributed by atoms with Crippen molar-refractivity contribution < 1.29 is 19.4 Å². The summed E-state index contributed by atoms with van der Waals surface area (Å²) in [7, 11) is 0. The average molecular weight is 229 g/mol. The molecule has 0 saturated heterocycles. The second kappa shape index (κ2) is 6.27. The van der Waals surface area contributed by atoms with Crippen LogP contribution in [0.15, 0.2) is 12.8 Å². The molecule has 0 saturated carbocycles. The van der Waals surface area contributed by atoms with Crippen molar-refractivity contribution >= 4 is 12.4 Å². The third-order valence-electron chi connectivity index (χ3n) is 1.81. The maximum atomic E-state index is 11.4. The quantitative estimate of drug-likeness (QED) is 0.533. The summed E-state index contributed by atoms with van der Waals surface area (Å²) in [6.07, 6.45) is 0.929. The molecule has 0 bridgehead atoms. The van der Waals surface area contributed by atoms with Crippen LogP contribution >= 0.6 is 0 Å². The van der Waals surface area contributed by atoms with Gasteiger partial charge in [0.15, 0.2) is 0 Å². The maximum Gasteiger partial charge on any atom is 0.311 e. The lowest BCUT2D eigenvalue weighted by atomic mass is 9.97. The van der Waals surface area contributed by atoms with Crippen LogP contribution in [0.4, 0.5) is 0 Å². The number of nitrogens with zero attached hydrogens (tertiary/aromatic N) is 1. The van der Waals surface area contributed by atoms with Gasteiger partial charge in [0.1, 0.15) is 12.7 Å². The van der Waals surface area contributed by atoms with Gasteiger partial charge in [0, 0.05) is 0 Å². The minimum atomic E-state index is -0.908. The zero-order valence-electron chi connectivity index (χ0n) is 9.97. The number of esters is 1. The Morgan fingerprint density at radius 3 is 2.50 bits per heavy atom. The molecule has 0 rings (SSSR count). The SMILES string of the molecule is C=CN(C=O)CC(O)COC(=O)C(C)(C)C. The van der Waals surface area contributed by atoms with Crippen molar-refractivity contribution in [3.8, 4) is 0 Å². The summed E-state index contributed by atoms with van der Waals surface area (Å²) in [4.78, 5) is 22.9. The molecule has 0 aromatic heterocycles. The van der Waals surface area contributed by atoms with Gasteiger partial charge in [0.05, 0.1) is 12.0 Å². The van der Waals surface area contributed by atoms with E-state index in [0.717, 1.165) is 0 Å². The number of carbonyl (C=O) groups is 2. The second-order valence-electron chi connectivity index (χ2n) is 4.49. The fraction of sp³-hybridized carbons (Fsp3) is 0.636. The summed E-state index contributed by atoms with van der Waals surface area (Å²) < 4.78 is 4.89. The lowest BCUT2D eigenvalue weighted by Gasteiger charge is -2.20. The van der Waals surface area contributed by atoms with Crippen LogP contribution in [0.2, 0.25) is 0 Å². The third kappa shape index (κ3) is 5.50. The Kier molecular flexibility index (Phi) is 5.74. The standard InChI is InChI=1S/C11H19NO4/c1-5-12(8-13)6-9(14)7-16-10(15)11(2,3)4/h5,8-9,14H,1,6-7H2,2-4H3. The first-order valence-electron chi connectivity index (χ1n) is 5.00. The molecule has 0 aliphatic carbocycles. The van der Waals surface area contributed by atoms with Crippen LogP contribution in [-0.4, -0.2) is 41.6 Å². The lowest BCUT2D eigenvalue weighted by Crippen LogP contribution is -2.33. The van der Waals surface area contributed by atoms with Crippen LogP contribution in [0.25, 0.3) is 0 Å². The predicted octanol–water partition coefficient (Wildman–Crippen LogP) is 0.538. The third-order valence-corrected chi connectivity index (χ3v) is 1.81. The van der Waals surface area contributed by atoms with Gasteiger partial charge < -0.3 is 14.7 Å². The Balaban J connectivity index is 3.98. The van der Waals surface area contributed by atoms with Crippen molar-refractivity contribution in [1.82, 2.24) is 4.90 Å². The van der Waals surface area contributed by atoms with Gasteiger partial charge in [-0.2, -0.15) is 0 Å². The molecule has 0 spiro atoms. The van der Waals surface area contributed by atoms with Crippen molar-refractivity contribution in [2.75, 3.05) is 13.2 Å². The zero-order chi connectivity index (χ0) is 12.8. The number of carbonyl (C=O) groups excluding carboxylic acids is 2. The topological polar surface area (TPSA) is 66.8 Å². The van der Waals surface area contributed by atoms with Crippen molar-refractivity contribution in [3.05, 3.63) is 12.8 Å². The van der Waals surface area contributed by atoms with Gasteiger partial charge in [-0.05, 0) is 27.0 Å². The van der Waals surface area contributed by atoms with E-state index in [9.17, 15) is 14.7 Å². The highest BCUT2D eigenvalue weighted by Gasteiger charge is 2.24. The minimum absolute atomic E-state index is 0.0599. The summed E-state index contributed by atoms with van der Waals surface area (Å²) in [5.74, 6) is -0.386. The largest absolute Gasteiger partial charge is 0.462 e. The highest BCUT2D eigenvalue weighted by Crippen LogP contribution is 2.15. The van der Waals surface area contributed by atoms with Crippen LogP contribution in [-0.2, 0) is 14.3 Å². The second-order valence-corrected chi connectivity index (χ2v) is 4.49. The molecule has 1 N–H and O–H groups in total. The van der Waals surface area contributed by atoms with Gasteiger partial charge in [-0.25, -0.2) is 0 Å². The first-order valence-corrected chi connectivity index (χ1v) is 5.00. The molecule has 5 nitrogen and oxygen atoms in total. The van der Waals surface area contributed by atoms with Crippen LogP contribution in [0.1, 0.15) is 20.8 Å². The molecule has 0 aliphatic heterocycles. The van der Waals surface area contributed by atoms with E-state index in [-0.39, 0.29) is 19.1 Å². The molecule has 0 heterocycles. The van der Waals surface area contributed by atoms with E-state index >= 15 is 0 Å². The molecule has 16 heavy (non-hydrogen) atoms. The van der Waals surface area contributed by atoms with Crippen molar-refractivity contribution in [2.24, 2.45) is 5.41 Å². The van der Waals surface area contributed by atoms with Crippen LogP contribution in [0.3, 0.4) is 0 Å². The van der Waals surface area contributed by atoms with Gasteiger partial charge in [-0.3, -0.25) is 9.59 Å². The Labute approximate surface area is 95.7 Å². The lowest BCUT2D eigenvalue weighted by molar-refractivity contribution is -0.156. The number of hydrogen-bond donors (Lipinski definition) is 1. The fourth-order valence-electron chi connectivity index (χ4n) is 0.845. The predicted molar refractivity (Wildman–Crippen MR) is 59.4 cm³/mol. The summed E-state index contributed by atoms with van der Waals surface area (Å²) in [6, 6.07) is 0. The molecule has 0 aromatic carbocycles. The monoisotopic (exact) mass is 229 g/mol. The zero-order valence-corrected chi connectivity index (χ0v) is 9.97. The van der Waals surface area contributed by atoms with E-state index in [1.807, 2.05) is 0 Å². The Bertz CT molecular complexity index is 249. The van der Waals surface area contributed by atoms with Gasteiger partial charge in [0.2, 0.25) is 6.41 Å². The molecule has 1 amide bonds. The average Bonchev–Trinajstić information content (AvgIpc) is 2.20. The Hall–Kier alpha value is -1.36. The molecule has 5 heteroatoms. The van der Waals surface area contributed by atoms with Gasteiger partial charge in [-0.1, -0.05) is 6.58 Å². The number of aliphatic hydroxyl groups excluding tert-OH is 1. The molecule has 0 aromatic rings. The molecular formula is C11H19NO4. The molecule has 0 fully saturated rings. The number of ether oxygens (including phenoxy) is 1. The maximum absolute atomic E-state index is 11.4. The van der Waals surface area contributed by atoms with E-state index in [1.54, 1.807) is 20.8 Å². The summed E-state index contributed by atoms with van der Waals surface area (Å²) in [5, 5.41) is 9.47. The van der Waals surface area contributed by atoms with Gasteiger partial charge in [-0.15, -0.1) is 0 Å². The highest BCUT2D eigenvalue weighted by atomic mass is 16.5.